The monoisotopic (exact) mass is 263 g/mol. The Morgan fingerprint density at radius 3 is 3.11 bits per heavy atom. The Morgan fingerprint density at radius 1 is 1.50 bits per heavy atom. The number of fused-ring (bicyclic) bond motifs is 1. The summed E-state index contributed by atoms with van der Waals surface area (Å²) in [5.41, 5.74) is 3.29. The number of pyridine rings is 1. The number of aryl methyl sites for hydroxylation is 1. The molecule has 5 heteroatoms. The molecule has 1 saturated heterocycles. The third kappa shape index (κ3) is 1.97. The highest BCUT2D eigenvalue weighted by Gasteiger charge is 2.18. The first-order valence-corrected chi connectivity index (χ1v) is 6.58. The number of hydrogen-bond donors (Lipinski definition) is 1. The van der Waals surface area contributed by atoms with Gasteiger partial charge in [0.25, 0.3) is 0 Å². The molecule has 3 heterocycles. The molecule has 0 amide bonds. The molecule has 0 bridgehead atoms. The molecule has 96 valence electrons. The highest BCUT2D eigenvalue weighted by molar-refractivity contribution is 7.78. The summed E-state index contributed by atoms with van der Waals surface area (Å²) in [5, 5.41) is 1.17. The number of ether oxygens (including phenoxy) is 1. The van der Waals surface area contributed by atoms with E-state index < -0.39 is 0 Å². The van der Waals surface area contributed by atoms with Crippen molar-refractivity contribution in [3.8, 4) is 0 Å². The Labute approximate surface area is 112 Å². The maximum atomic E-state index is 5.57. The molecule has 1 aliphatic rings. The molecule has 18 heavy (non-hydrogen) atoms. The highest BCUT2D eigenvalue weighted by Crippen LogP contribution is 2.25. The van der Waals surface area contributed by atoms with Gasteiger partial charge < -0.3 is 9.64 Å². The van der Waals surface area contributed by atoms with Gasteiger partial charge in [-0.3, -0.25) is 3.97 Å². The molecule has 2 aromatic heterocycles. The van der Waals surface area contributed by atoms with Crippen molar-refractivity contribution >= 4 is 29.5 Å². The fourth-order valence-corrected chi connectivity index (χ4v) is 2.79. The van der Waals surface area contributed by atoms with E-state index in [4.69, 9.17) is 4.74 Å². The van der Waals surface area contributed by atoms with E-state index >= 15 is 0 Å². The third-order valence-corrected chi connectivity index (χ3v) is 3.72. The number of aromatic nitrogens is 2. The summed E-state index contributed by atoms with van der Waals surface area (Å²) in [4.78, 5) is 6.84. The quantitative estimate of drug-likeness (QED) is 0.801. The SMILES string of the molecule is Cc1cn(S)c2ncc(N3CCOC(C)C3)cc12. The van der Waals surface area contributed by atoms with E-state index in [1.165, 1.54) is 16.6 Å². The van der Waals surface area contributed by atoms with Crippen LogP contribution >= 0.6 is 12.8 Å². The minimum atomic E-state index is 0.282. The fourth-order valence-electron chi connectivity index (χ4n) is 2.46. The Bertz CT molecular complexity index is 581. The summed E-state index contributed by atoms with van der Waals surface area (Å²) in [6.07, 6.45) is 4.20. The van der Waals surface area contributed by atoms with E-state index in [1.807, 2.05) is 12.4 Å². The normalized spacial score (nSPS) is 20.6. The van der Waals surface area contributed by atoms with Crippen molar-refractivity contribution in [3.05, 3.63) is 24.0 Å². The van der Waals surface area contributed by atoms with Gasteiger partial charge in [0.05, 0.1) is 24.6 Å². The molecule has 0 N–H and O–H groups in total. The van der Waals surface area contributed by atoms with Gasteiger partial charge in [-0.1, -0.05) is 12.8 Å². The van der Waals surface area contributed by atoms with Gasteiger partial charge >= 0.3 is 0 Å². The van der Waals surface area contributed by atoms with Gasteiger partial charge in [-0.15, -0.1) is 0 Å². The lowest BCUT2D eigenvalue weighted by Crippen LogP contribution is -2.41. The number of morpholine rings is 1. The van der Waals surface area contributed by atoms with Crippen LogP contribution in [-0.4, -0.2) is 34.8 Å². The van der Waals surface area contributed by atoms with Crippen LogP contribution in [-0.2, 0) is 4.74 Å². The van der Waals surface area contributed by atoms with Crippen LogP contribution in [0.5, 0.6) is 0 Å². The number of rotatable bonds is 1. The van der Waals surface area contributed by atoms with E-state index in [1.54, 1.807) is 3.97 Å². The Morgan fingerprint density at radius 2 is 2.33 bits per heavy atom. The minimum Gasteiger partial charge on any atom is -0.375 e. The van der Waals surface area contributed by atoms with Crippen molar-refractivity contribution in [3.63, 3.8) is 0 Å². The van der Waals surface area contributed by atoms with E-state index in [0.29, 0.717) is 0 Å². The second-order valence-electron chi connectivity index (χ2n) is 4.85. The lowest BCUT2D eigenvalue weighted by molar-refractivity contribution is 0.0532. The average Bonchev–Trinajstić information content (AvgIpc) is 2.65. The predicted molar refractivity (Wildman–Crippen MR) is 76.5 cm³/mol. The maximum Gasteiger partial charge on any atom is 0.150 e. The van der Waals surface area contributed by atoms with Crippen molar-refractivity contribution < 1.29 is 4.74 Å². The summed E-state index contributed by atoms with van der Waals surface area (Å²) >= 11 is 4.37. The zero-order chi connectivity index (χ0) is 12.7. The molecule has 4 nitrogen and oxygen atoms in total. The largest absolute Gasteiger partial charge is 0.375 e. The second kappa shape index (κ2) is 4.48. The van der Waals surface area contributed by atoms with Gasteiger partial charge in [-0.05, 0) is 25.5 Å². The molecule has 1 aliphatic heterocycles. The van der Waals surface area contributed by atoms with Gasteiger partial charge in [0.15, 0.2) is 0 Å². The van der Waals surface area contributed by atoms with Crippen LogP contribution in [0.1, 0.15) is 12.5 Å². The van der Waals surface area contributed by atoms with Crippen LogP contribution in [0, 0.1) is 6.92 Å². The second-order valence-corrected chi connectivity index (χ2v) is 5.28. The molecule has 0 saturated carbocycles. The first-order chi connectivity index (χ1) is 8.65. The third-order valence-electron chi connectivity index (χ3n) is 3.42. The summed E-state index contributed by atoms with van der Waals surface area (Å²) in [6.45, 7) is 6.83. The number of thiol groups is 1. The first kappa shape index (κ1) is 11.9. The molecule has 1 atom stereocenters. The van der Waals surface area contributed by atoms with Crippen LogP contribution < -0.4 is 4.90 Å². The predicted octanol–water partition coefficient (Wildman–Crippen LogP) is 2.26. The zero-order valence-corrected chi connectivity index (χ0v) is 11.5. The molecule has 0 aliphatic carbocycles. The van der Waals surface area contributed by atoms with E-state index in [2.05, 4.69) is 42.6 Å². The fraction of sp³-hybridized carbons (Fsp3) is 0.462. The topological polar surface area (TPSA) is 30.3 Å². The number of hydrogen-bond acceptors (Lipinski definition) is 4. The molecule has 1 unspecified atom stereocenters. The lowest BCUT2D eigenvalue weighted by atomic mass is 10.2. The van der Waals surface area contributed by atoms with E-state index in [9.17, 15) is 0 Å². The summed E-state index contributed by atoms with van der Waals surface area (Å²) in [6, 6.07) is 2.20. The molecule has 0 aromatic carbocycles. The lowest BCUT2D eigenvalue weighted by Gasteiger charge is -2.32. The summed E-state index contributed by atoms with van der Waals surface area (Å²) < 4.78 is 7.34. The smallest absolute Gasteiger partial charge is 0.150 e. The van der Waals surface area contributed by atoms with Crippen LogP contribution in [0.2, 0.25) is 0 Å². The van der Waals surface area contributed by atoms with Crippen LogP contribution in [0.4, 0.5) is 5.69 Å². The molecule has 3 rings (SSSR count). The van der Waals surface area contributed by atoms with E-state index in [0.717, 1.165) is 25.3 Å². The van der Waals surface area contributed by atoms with Crippen molar-refractivity contribution in [2.75, 3.05) is 24.6 Å². The van der Waals surface area contributed by atoms with Crippen LogP contribution in [0.25, 0.3) is 11.0 Å². The molecule has 0 radical (unpaired) electrons. The summed E-state index contributed by atoms with van der Waals surface area (Å²) in [7, 11) is 0. The standard InChI is InChI=1S/C13H17N3OS/c1-9-7-16(18)13-12(9)5-11(6-14-13)15-3-4-17-10(2)8-15/h5-7,10,18H,3-4,8H2,1-2H3. The minimum absolute atomic E-state index is 0.282. The van der Waals surface area contributed by atoms with Gasteiger partial charge in [0.2, 0.25) is 0 Å². The number of anilines is 1. The first-order valence-electron chi connectivity index (χ1n) is 6.18. The molecular formula is C13H17N3OS. The van der Waals surface area contributed by atoms with Crippen molar-refractivity contribution in [1.29, 1.82) is 0 Å². The molecule has 2 aromatic rings. The highest BCUT2D eigenvalue weighted by atomic mass is 32.1. The average molecular weight is 263 g/mol. The van der Waals surface area contributed by atoms with Gasteiger partial charge in [0, 0.05) is 24.7 Å². The number of nitrogens with zero attached hydrogens (tertiary/aromatic N) is 3. The van der Waals surface area contributed by atoms with Gasteiger partial charge in [-0.2, -0.15) is 0 Å². The van der Waals surface area contributed by atoms with Gasteiger partial charge in [-0.25, -0.2) is 4.98 Å². The molecule has 1 fully saturated rings. The Kier molecular flexibility index (Phi) is 2.95. The van der Waals surface area contributed by atoms with Crippen LogP contribution in [0.3, 0.4) is 0 Å². The Balaban J connectivity index is 2.00. The Hall–Kier alpha value is -1.20. The zero-order valence-electron chi connectivity index (χ0n) is 10.6. The van der Waals surface area contributed by atoms with Crippen molar-refractivity contribution in [2.45, 2.75) is 20.0 Å². The molecular weight excluding hydrogens is 246 g/mol. The maximum absolute atomic E-state index is 5.57. The van der Waals surface area contributed by atoms with Crippen molar-refractivity contribution in [1.82, 2.24) is 8.96 Å². The van der Waals surface area contributed by atoms with Crippen molar-refractivity contribution in [2.24, 2.45) is 0 Å². The van der Waals surface area contributed by atoms with Crippen LogP contribution in [0.15, 0.2) is 18.5 Å². The van der Waals surface area contributed by atoms with Gasteiger partial charge in [0.1, 0.15) is 5.65 Å². The molecule has 0 spiro atoms. The summed E-state index contributed by atoms with van der Waals surface area (Å²) in [5.74, 6) is 0. The van der Waals surface area contributed by atoms with E-state index in [-0.39, 0.29) is 6.10 Å².